The molecule has 6 atom stereocenters. The van der Waals surface area contributed by atoms with Gasteiger partial charge in [-0.05, 0) is 44.9 Å². The molecule has 9 nitrogen and oxygen atoms in total. The summed E-state index contributed by atoms with van der Waals surface area (Å²) in [5.41, 5.74) is 0. The molecule has 6 unspecified atom stereocenters. The van der Waals surface area contributed by atoms with Crippen LogP contribution < -0.4 is 0 Å². The molecule has 0 spiro atoms. The first-order valence-corrected chi connectivity index (χ1v) is 26.4. The van der Waals surface area contributed by atoms with Gasteiger partial charge in [0.2, 0.25) is 0 Å². The number of allylic oxidation sites excluding steroid dienone is 4. The van der Waals surface area contributed by atoms with Gasteiger partial charge in [0.25, 0.3) is 0 Å². The maximum absolute atomic E-state index is 12.8. The number of carbonyl (C=O) groups excluding carboxylic acids is 1. The molecule has 1 heterocycles. The Labute approximate surface area is 381 Å². The highest BCUT2D eigenvalue weighted by atomic mass is 16.7. The summed E-state index contributed by atoms with van der Waals surface area (Å²) in [5, 5.41) is 40.3. The monoisotopic (exact) mass is 881 g/mol. The van der Waals surface area contributed by atoms with Gasteiger partial charge in [-0.15, -0.1) is 0 Å². The van der Waals surface area contributed by atoms with E-state index in [9.17, 15) is 25.2 Å². The van der Waals surface area contributed by atoms with Gasteiger partial charge in [0.05, 0.1) is 19.8 Å². The highest BCUT2D eigenvalue weighted by Gasteiger charge is 2.44. The largest absolute Gasteiger partial charge is 0.457 e. The van der Waals surface area contributed by atoms with Crippen LogP contribution in [0.4, 0.5) is 0 Å². The highest BCUT2D eigenvalue weighted by molar-refractivity contribution is 5.69. The summed E-state index contributed by atoms with van der Waals surface area (Å²) in [6.07, 6.45) is 46.4. The van der Waals surface area contributed by atoms with E-state index in [2.05, 4.69) is 38.2 Å². The van der Waals surface area contributed by atoms with E-state index in [4.69, 9.17) is 18.9 Å². The lowest BCUT2D eigenvalue weighted by atomic mass is 9.99. The van der Waals surface area contributed by atoms with E-state index >= 15 is 0 Å². The number of unbranched alkanes of at least 4 members (excludes halogenated alkanes) is 31. The van der Waals surface area contributed by atoms with Crippen LogP contribution in [0.3, 0.4) is 0 Å². The molecule has 62 heavy (non-hydrogen) atoms. The fourth-order valence-corrected chi connectivity index (χ4v) is 8.23. The van der Waals surface area contributed by atoms with Gasteiger partial charge in [0, 0.05) is 13.0 Å². The predicted octanol–water partition coefficient (Wildman–Crippen LogP) is 12.9. The fraction of sp³-hybridized carbons (Fsp3) is 0.906. The Hall–Kier alpha value is -1.33. The van der Waals surface area contributed by atoms with Crippen LogP contribution in [0.1, 0.15) is 245 Å². The first kappa shape index (κ1) is 58.7. The number of hydrogen-bond acceptors (Lipinski definition) is 9. The van der Waals surface area contributed by atoms with Gasteiger partial charge in [-0.3, -0.25) is 4.79 Å². The molecule has 0 aromatic carbocycles. The summed E-state index contributed by atoms with van der Waals surface area (Å²) in [6, 6.07) is 0. The van der Waals surface area contributed by atoms with Crippen LogP contribution in [0.25, 0.3) is 0 Å². The third kappa shape index (κ3) is 35.0. The van der Waals surface area contributed by atoms with Gasteiger partial charge in [-0.25, -0.2) is 0 Å². The maximum atomic E-state index is 12.8. The van der Waals surface area contributed by atoms with E-state index in [1.54, 1.807) is 0 Å². The van der Waals surface area contributed by atoms with E-state index in [0.29, 0.717) is 13.0 Å². The van der Waals surface area contributed by atoms with E-state index in [1.807, 2.05) is 0 Å². The van der Waals surface area contributed by atoms with Gasteiger partial charge in [-0.2, -0.15) is 0 Å². The zero-order chi connectivity index (χ0) is 45.0. The number of aliphatic hydroxyl groups excluding tert-OH is 4. The Morgan fingerprint density at radius 2 is 0.935 bits per heavy atom. The average molecular weight is 881 g/mol. The molecule has 1 aliphatic rings. The number of rotatable bonds is 46. The summed E-state index contributed by atoms with van der Waals surface area (Å²) in [6.45, 7) is 4.58. The molecule has 9 heteroatoms. The molecule has 0 radical (unpaired) electrons. The third-order valence-electron chi connectivity index (χ3n) is 12.4. The molecule has 0 aromatic rings. The Bertz CT molecular complexity index is 1000. The molecule has 0 amide bonds. The topological polar surface area (TPSA) is 135 Å². The van der Waals surface area contributed by atoms with E-state index < -0.39 is 43.4 Å². The summed E-state index contributed by atoms with van der Waals surface area (Å²) < 4.78 is 22.9. The molecule has 0 bridgehead atoms. The number of hydrogen-bond donors (Lipinski definition) is 4. The average Bonchev–Trinajstić information content (AvgIpc) is 3.27. The number of ether oxygens (including phenoxy) is 4. The molecule has 1 rings (SSSR count). The molecule has 4 N–H and O–H groups in total. The van der Waals surface area contributed by atoms with Crippen molar-refractivity contribution in [2.24, 2.45) is 0 Å². The zero-order valence-corrected chi connectivity index (χ0v) is 40.4. The Balaban J connectivity index is 2.18. The highest BCUT2D eigenvalue weighted by Crippen LogP contribution is 2.23. The Morgan fingerprint density at radius 1 is 0.516 bits per heavy atom. The summed E-state index contributed by atoms with van der Waals surface area (Å²) in [7, 11) is 0. The molecular weight excluding hydrogens is 781 g/mol. The summed E-state index contributed by atoms with van der Waals surface area (Å²) >= 11 is 0. The predicted molar refractivity (Wildman–Crippen MR) is 256 cm³/mol. The zero-order valence-electron chi connectivity index (χ0n) is 40.4. The van der Waals surface area contributed by atoms with E-state index in [0.717, 1.165) is 38.5 Å². The van der Waals surface area contributed by atoms with E-state index in [1.165, 1.54) is 186 Å². The first-order valence-electron chi connectivity index (χ1n) is 26.4. The Kier molecular flexibility index (Phi) is 42.5. The summed E-state index contributed by atoms with van der Waals surface area (Å²) in [4.78, 5) is 12.8. The second-order valence-corrected chi connectivity index (χ2v) is 18.3. The summed E-state index contributed by atoms with van der Waals surface area (Å²) in [5.74, 6) is -0.313. The van der Waals surface area contributed by atoms with Crippen LogP contribution in [0, 0.1) is 0 Å². The van der Waals surface area contributed by atoms with Crippen molar-refractivity contribution >= 4 is 5.97 Å². The molecule has 0 saturated carbocycles. The molecule has 1 fully saturated rings. The minimum atomic E-state index is -1.53. The van der Waals surface area contributed by atoms with Crippen molar-refractivity contribution in [2.75, 3.05) is 26.4 Å². The van der Waals surface area contributed by atoms with Crippen LogP contribution in [0.5, 0.6) is 0 Å². The molecular formula is C53H100O9. The molecule has 0 aliphatic carbocycles. The normalized spacial score (nSPS) is 19.9. The van der Waals surface area contributed by atoms with Crippen molar-refractivity contribution in [2.45, 2.75) is 282 Å². The lowest BCUT2D eigenvalue weighted by molar-refractivity contribution is -0.305. The van der Waals surface area contributed by atoms with Crippen molar-refractivity contribution in [1.29, 1.82) is 0 Å². The van der Waals surface area contributed by atoms with Crippen LogP contribution in [-0.2, 0) is 23.7 Å². The maximum Gasteiger partial charge on any atom is 0.306 e. The second kappa shape index (κ2) is 44.9. The quantitative estimate of drug-likeness (QED) is 0.0268. The molecule has 0 aromatic heterocycles. The van der Waals surface area contributed by atoms with Gasteiger partial charge >= 0.3 is 5.97 Å². The van der Waals surface area contributed by atoms with Crippen molar-refractivity contribution in [3.05, 3.63) is 24.3 Å². The molecule has 1 aliphatic heterocycles. The van der Waals surface area contributed by atoms with Crippen LogP contribution >= 0.6 is 0 Å². The van der Waals surface area contributed by atoms with Crippen molar-refractivity contribution in [1.82, 2.24) is 0 Å². The van der Waals surface area contributed by atoms with Crippen LogP contribution in [-0.4, -0.2) is 89.6 Å². The fourth-order valence-electron chi connectivity index (χ4n) is 8.23. The van der Waals surface area contributed by atoms with Crippen molar-refractivity contribution in [3.8, 4) is 0 Å². The van der Waals surface area contributed by atoms with Crippen molar-refractivity contribution < 1.29 is 44.2 Å². The lowest BCUT2D eigenvalue weighted by Crippen LogP contribution is -2.59. The van der Waals surface area contributed by atoms with Gasteiger partial charge < -0.3 is 39.4 Å². The van der Waals surface area contributed by atoms with Crippen LogP contribution in [0.2, 0.25) is 0 Å². The van der Waals surface area contributed by atoms with Gasteiger partial charge in [0.1, 0.15) is 30.5 Å². The third-order valence-corrected chi connectivity index (χ3v) is 12.4. The second-order valence-electron chi connectivity index (χ2n) is 18.3. The lowest BCUT2D eigenvalue weighted by Gasteiger charge is -2.39. The number of aliphatic hydroxyl groups is 4. The molecule has 366 valence electrons. The van der Waals surface area contributed by atoms with Crippen LogP contribution in [0.15, 0.2) is 24.3 Å². The number of carbonyl (C=O) groups is 1. The Morgan fingerprint density at radius 3 is 1.42 bits per heavy atom. The molecule has 1 saturated heterocycles. The standard InChI is InChI=1S/C53H100O9/c1-3-5-7-9-11-13-15-17-19-21-23-25-27-29-31-33-35-37-39-41-43-59-45-47(46-60-53-52(58)51(57)50(56)48(44-54)62-53)61-49(55)42-40-38-36-34-32-30-28-26-24-22-20-18-16-14-12-10-8-6-4-2/h12,14,18,20,47-48,50-54,56-58H,3-11,13,15-17,19,21-46H2,1-2H3/b14-12-,20-18-. The van der Waals surface area contributed by atoms with Gasteiger partial charge in [0.15, 0.2) is 6.29 Å². The number of esters is 1. The minimum absolute atomic E-state index is 0.111. The smallest absolute Gasteiger partial charge is 0.306 e. The van der Waals surface area contributed by atoms with Crippen molar-refractivity contribution in [3.63, 3.8) is 0 Å². The van der Waals surface area contributed by atoms with Gasteiger partial charge in [-0.1, -0.05) is 218 Å². The SMILES string of the molecule is CCCCC/C=C\C/C=C\CCCCCCCCCCCC(=O)OC(COCCCCCCCCCCCCCCCCCCCCCC)COC1OC(CO)C(O)C(O)C1O. The first-order chi connectivity index (χ1) is 30.4. The van der Waals surface area contributed by atoms with E-state index in [-0.39, 0.29) is 19.2 Å². The minimum Gasteiger partial charge on any atom is -0.457 e.